The van der Waals surface area contributed by atoms with Crippen LogP contribution in [0.2, 0.25) is 0 Å². The van der Waals surface area contributed by atoms with Gasteiger partial charge in [-0.2, -0.15) is 0 Å². The lowest BCUT2D eigenvalue weighted by molar-refractivity contribution is -0.148. The molecular formula is C11H18O6. The van der Waals surface area contributed by atoms with E-state index in [4.69, 9.17) is 14.6 Å². The van der Waals surface area contributed by atoms with Gasteiger partial charge in [-0.3, -0.25) is 0 Å². The maximum absolute atomic E-state index is 11.3. The Morgan fingerprint density at radius 3 is 2.76 bits per heavy atom. The van der Waals surface area contributed by atoms with E-state index in [1.54, 1.807) is 0 Å². The van der Waals surface area contributed by atoms with Crippen molar-refractivity contribution in [2.45, 2.75) is 38.4 Å². The molecule has 0 aromatic carbocycles. The van der Waals surface area contributed by atoms with Crippen LogP contribution in [0.25, 0.3) is 0 Å². The van der Waals surface area contributed by atoms with E-state index in [9.17, 15) is 15.0 Å². The van der Waals surface area contributed by atoms with Gasteiger partial charge in [0.15, 0.2) is 11.9 Å². The molecule has 1 rings (SSSR count). The van der Waals surface area contributed by atoms with Crippen molar-refractivity contribution in [1.29, 1.82) is 0 Å². The summed E-state index contributed by atoms with van der Waals surface area (Å²) in [4.78, 5) is 11.3. The van der Waals surface area contributed by atoms with Crippen molar-refractivity contribution in [1.82, 2.24) is 0 Å². The van der Waals surface area contributed by atoms with Crippen molar-refractivity contribution in [2.75, 3.05) is 13.2 Å². The quantitative estimate of drug-likeness (QED) is 0.440. The zero-order valence-electron chi connectivity index (χ0n) is 9.76. The molecular weight excluding hydrogens is 228 g/mol. The lowest BCUT2D eigenvalue weighted by Crippen LogP contribution is -2.31. The number of ether oxygens (including phenoxy) is 2. The number of carbonyl (C=O) groups excluding carboxylic acids is 1. The molecule has 0 aromatic rings. The number of rotatable bonds is 7. The Hall–Kier alpha value is -1.27. The highest BCUT2D eigenvalue weighted by atomic mass is 16.6. The SMILES string of the molecule is CCCCCOC1=C(O)[C@@H]([C@@H](O)CO)OC1=O. The number of unbranched alkanes of at least 4 members (excludes halogenated alkanes) is 2. The van der Waals surface area contributed by atoms with E-state index in [1.165, 1.54) is 0 Å². The van der Waals surface area contributed by atoms with Crippen LogP contribution in [0, 0.1) is 0 Å². The summed E-state index contributed by atoms with van der Waals surface area (Å²) in [7, 11) is 0. The first kappa shape index (κ1) is 13.8. The molecule has 2 atom stereocenters. The minimum Gasteiger partial charge on any atom is -0.505 e. The van der Waals surface area contributed by atoms with Crippen molar-refractivity contribution in [3.05, 3.63) is 11.5 Å². The monoisotopic (exact) mass is 246 g/mol. The largest absolute Gasteiger partial charge is 0.505 e. The molecule has 1 heterocycles. The van der Waals surface area contributed by atoms with Crippen LogP contribution in [0.1, 0.15) is 26.2 Å². The molecule has 6 heteroatoms. The Labute approximate surface area is 99.5 Å². The third-order valence-corrected chi connectivity index (χ3v) is 2.45. The number of aliphatic hydroxyl groups is 3. The van der Waals surface area contributed by atoms with Gasteiger partial charge in [0.25, 0.3) is 0 Å². The van der Waals surface area contributed by atoms with Gasteiger partial charge in [-0.25, -0.2) is 4.79 Å². The fourth-order valence-electron chi connectivity index (χ4n) is 1.47. The lowest BCUT2D eigenvalue weighted by Gasteiger charge is -2.13. The predicted octanol–water partition coefficient (Wildman–Crippen LogP) is 0.241. The zero-order chi connectivity index (χ0) is 12.8. The van der Waals surface area contributed by atoms with Crippen LogP contribution >= 0.6 is 0 Å². The van der Waals surface area contributed by atoms with Crippen molar-refractivity contribution < 1.29 is 29.6 Å². The van der Waals surface area contributed by atoms with E-state index in [1.807, 2.05) is 6.92 Å². The van der Waals surface area contributed by atoms with Gasteiger partial charge >= 0.3 is 5.97 Å². The van der Waals surface area contributed by atoms with E-state index in [0.717, 1.165) is 19.3 Å². The maximum atomic E-state index is 11.3. The summed E-state index contributed by atoms with van der Waals surface area (Å²) in [6, 6.07) is 0. The van der Waals surface area contributed by atoms with E-state index in [-0.39, 0.29) is 5.76 Å². The van der Waals surface area contributed by atoms with Gasteiger partial charge in [0.2, 0.25) is 5.76 Å². The molecule has 1 aliphatic rings. The zero-order valence-corrected chi connectivity index (χ0v) is 9.76. The number of carbonyl (C=O) groups is 1. The Morgan fingerprint density at radius 1 is 1.47 bits per heavy atom. The van der Waals surface area contributed by atoms with Crippen molar-refractivity contribution in [3.8, 4) is 0 Å². The second-order valence-electron chi connectivity index (χ2n) is 3.85. The van der Waals surface area contributed by atoms with Gasteiger partial charge in [0.1, 0.15) is 6.10 Å². The third-order valence-electron chi connectivity index (χ3n) is 2.45. The molecule has 98 valence electrons. The van der Waals surface area contributed by atoms with Crippen LogP contribution in [0.5, 0.6) is 0 Å². The minimum atomic E-state index is -1.34. The molecule has 0 fully saturated rings. The molecule has 0 spiro atoms. The number of aliphatic hydroxyl groups excluding tert-OH is 3. The smallest absolute Gasteiger partial charge is 0.378 e. The van der Waals surface area contributed by atoms with Crippen LogP contribution in [0.3, 0.4) is 0 Å². The molecule has 0 aliphatic carbocycles. The molecule has 0 aromatic heterocycles. The Balaban J connectivity index is 2.56. The van der Waals surface area contributed by atoms with Crippen LogP contribution in [-0.4, -0.2) is 46.7 Å². The van der Waals surface area contributed by atoms with E-state index in [2.05, 4.69) is 0 Å². The number of hydrogen-bond acceptors (Lipinski definition) is 6. The molecule has 0 radical (unpaired) electrons. The van der Waals surface area contributed by atoms with Crippen LogP contribution in [-0.2, 0) is 14.3 Å². The van der Waals surface area contributed by atoms with Crippen LogP contribution in [0.4, 0.5) is 0 Å². The summed E-state index contributed by atoms with van der Waals surface area (Å²) in [6.45, 7) is 1.74. The number of hydrogen-bond donors (Lipinski definition) is 3. The summed E-state index contributed by atoms with van der Waals surface area (Å²) >= 11 is 0. The highest BCUT2D eigenvalue weighted by Crippen LogP contribution is 2.24. The highest BCUT2D eigenvalue weighted by molar-refractivity contribution is 5.89. The van der Waals surface area contributed by atoms with Crippen LogP contribution < -0.4 is 0 Å². The first-order valence-corrected chi connectivity index (χ1v) is 5.67. The van der Waals surface area contributed by atoms with Crippen molar-refractivity contribution in [2.24, 2.45) is 0 Å². The summed E-state index contributed by atoms with van der Waals surface area (Å²) in [5.74, 6) is -1.52. The molecule has 0 saturated heterocycles. The van der Waals surface area contributed by atoms with Gasteiger partial charge in [-0.15, -0.1) is 0 Å². The molecule has 0 bridgehead atoms. The number of cyclic esters (lactones) is 1. The molecule has 0 saturated carbocycles. The Kier molecular flexibility index (Phi) is 5.24. The Bertz CT molecular complexity index is 298. The first-order chi connectivity index (χ1) is 8.11. The van der Waals surface area contributed by atoms with Gasteiger partial charge < -0.3 is 24.8 Å². The number of esters is 1. The molecule has 6 nitrogen and oxygen atoms in total. The highest BCUT2D eigenvalue weighted by Gasteiger charge is 2.40. The second-order valence-corrected chi connectivity index (χ2v) is 3.85. The average molecular weight is 246 g/mol. The fraction of sp³-hybridized carbons (Fsp3) is 0.727. The first-order valence-electron chi connectivity index (χ1n) is 5.67. The van der Waals surface area contributed by atoms with E-state index in [0.29, 0.717) is 6.61 Å². The summed E-state index contributed by atoms with van der Waals surface area (Å²) < 4.78 is 9.81. The second kappa shape index (κ2) is 6.46. The normalized spacial score (nSPS) is 21.6. The summed E-state index contributed by atoms with van der Waals surface area (Å²) in [5.41, 5.74) is 0. The molecule has 17 heavy (non-hydrogen) atoms. The topological polar surface area (TPSA) is 96.2 Å². The lowest BCUT2D eigenvalue weighted by atomic mass is 10.2. The summed E-state index contributed by atoms with van der Waals surface area (Å²) in [6.07, 6.45) is 0.189. The van der Waals surface area contributed by atoms with Crippen LogP contribution in [0.15, 0.2) is 11.5 Å². The summed E-state index contributed by atoms with van der Waals surface area (Å²) in [5, 5.41) is 27.6. The Morgan fingerprint density at radius 2 is 2.18 bits per heavy atom. The molecule has 0 unspecified atom stereocenters. The predicted molar refractivity (Wildman–Crippen MR) is 58.1 cm³/mol. The van der Waals surface area contributed by atoms with Gasteiger partial charge in [0.05, 0.1) is 13.2 Å². The van der Waals surface area contributed by atoms with Gasteiger partial charge in [0, 0.05) is 0 Å². The standard InChI is InChI=1S/C11H18O6/c1-2-3-4-5-16-10-8(14)9(7(13)6-12)17-11(10)15/h7,9,12-14H,2-6H2,1H3/t7-,9+/m0/s1. The molecule has 1 aliphatic heterocycles. The van der Waals surface area contributed by atoms with Crippen molar-refractivity contribution >= 4 is 5.97 Å². The molecule has 0 amide bonds. The fourth-order valence-corrected chi connectivity index (χ4v) is 1.47. The molecule has 3 N–H and O–H groups in total. The van der Waals surface area contributed by atoms with E-state index >= 15 is 0 Å². The maximum Gasteiger partial charge on any atom is 0.378 e. The van der Waals surface area contributed by atoms with Gasteiger partial charge in [-0.1, -0.05) is 19.8 Å². The van der Waals surface area contributed by atoms with Crippen molar-refractivity contribution in [3.63, 3.8) is 0 Å². The minimum absolute atomic E-state index is 0.265. The average Bonchev–Trinajstić information content (AvgIpc) is 2.60. The third kappa shape index (κ3) is 3.34. The van der Waals surface area contributed by atoms with E-state index < -0.39 is 30.5 Å². The van der Waals surface area contributed by atoms with Gasteiger partial charge in [-0.05, 0) is 6.42 Å².